The Hall–Kier alpha value is -1.07. The standard InChI is InChI=1S/C6H12N2O2.H2O/c1-3-5-7-8-6(9)10-4-2;/h3,7H,1,4-5H2,2H3,(H,8,9);1H2. The van der Waals surface area contributed by atoms with Crippen molar-refractivity contribution >= 4 is 6.09 Å². The topological polar surface area (TPSA) is 81.9 Å². The lowest BCUT2D eigenvalue weighted by Gasteiger charge is -2.03. The SMILES string of the molecule is C=CCNNC(=O)OCC.O. The lowest BCUT2D eigenvalue weighted by Crippen LogP contribution is -2.37. The van der Waals surface area contributed by atoms with Crippen LogP contribution in [-0.2, 0) is 4.74 Å². The van der Waals surface area contributed by atoms with Gasteiger partial charge in [-0.1, -0.05) is 6.08 Å². The molecule has 1 amide bonds. The first-order valence-electron chi connectivity index (χ1n) is 3.07. The summed E-state index contributed by atoms with van der Waals surface area (Å²) in [4.78, 5) is 10.5. The van der Waals surface area contributed by atoms with Gasteiger partial charge in [0.15, 0.2) is 0 Å². The van der Waals surface area contributed by atoms with Crippen molar-refractivity contribution in [2.24, 2.45) is 0 Å². The Morgan fingerprint density at radius 1 is 1.73 bits per heavy atom. The molecule has 0 fully saturated rings. The Kier molecular flexibility index (Phi) is 10.2. The number of hydrogen-bond donors (Lipinski definition) is 2. The molecule has 0 aromatic carbocycles. The van der Waals surface area contributed by atoms with Crippen molar-refractivity contribution < 1.29 is 15.0 Å². The van der Waals surface area contributed by atoms with Crippen LogP contribution in [0.4, 0.5) is 4.79 Å². The Morgan fingerprint density at radius 2 is 2.36 bits per heavy atom. The maximum absolute atomic E-state index is 10.5. The second-order valence-corrected chi connectivity index (χ2v) is 1.52. The predicted octanol–water partition coefficient (Wildman–Crippen LogP) is -0.402. The van der Waals surface area contributed by atoms with Crippen LogP contribution in [0.25, 0.3) is 0 Å². The van der Waals surface area contributed by atoms with Gasteiger partial charge < -0.3 is 10.2 Å². The summed E-state index contributed by atoms with van der Waals surface area (Å²) in [7, 11) is 0. The summed E-state index contributed by atoms with van der Waals surface area (Å²) in [5, 5.41) is 0. The summed E-state index contributed by atoms with van der Waals surface area (Å²) in [6.45, 7) is 6.10. The second-order valence-electron chi connectivity index (χ2n) is 1.52. The molecule has 0 spiro atoms. The number of carbonyl (C=O) groups excluding carboxylic acids is 1. The third-order valence-electron chi connectivity index (χ3n) is 0.712. The van der Waals surface area contributed by atoms with Gasteiger partial charge in [-0.25, -0.2) is 10.2 Å². The summed E-state index contributed by atoms with van der Waals surface area (Å²) in [5.74, 6) is 0. The molecule has 0 saturated carbocycles. The number of hydrazine groups is 1. The van der Waals surface area contributed by atoms with Crippen molar-refractivity contribution in [3.8, 4) is 0 Å². The first-order valence-corrected chi connectivity index (χ1v) is 3.07. The molecule has 0 aliphatic heterocycles. The molecule has 0 radical (unpaired) electrons. The third-order valence-corrected chi connectivity index (χ3v) is 0.712. The Morgan fingerprint density at radius 3 is 2.82 bits per heavy atom. The molecule has 0 saturated heterocycles. The fourth-order valence-corrected chi connectivity index (χ4v) is 0.363. The van der Waals surface area contributed by atoms with Gasteiger partial charge in [-0.3, -0.25) is 5.43 Å². The van der Waals surface area contributed by atoms with E-state index in [1.54, 1.807) is 13.0 Å². The van der Waals surface area contributed by atoms with Crippen molar-refractivity contribution in [3.05, 3.63) is 12.7 Å². The molecule has 5 heteroatoms. The Balaban J connectivity index is 0. The number of hydrogen-bond acceptors (Lipinski definition) is 3. The van der Waals surface area contributed by atoms with Crippen LogP contribution in [0.3, 0.4) is 0 Å². The van der Waals surface area contributed by atoms with Gasteiger partial charge in [0.1, 0.15) is 0 Å². The molecule has 66 valence electrons. The van der Waals surface area contributed by atoms with Crippen LogP contribution >= 0.6 is 0 Å². The fraction of sp³-hybridized carbons (Fsp3) is 0.500. The van der Waals surface area contributed by atoms with E-state index in [1.807, 2.05) is 0 Å². The number of amides is 1. The van der Waals surface area contributed by atoms with Gasteiger partial charge in [-0.2, -0.15) is 0 Å². The molecule has 4 N–H and O–H groups in total. The Bertz CT molecular complexity index is 116. The molecular formula is C6H14N2O3. The zero-order chi connectivity index (χ0) is 7.82. The zero-order valence-electron chi connectivity index (χ0n) is 6.52. The predicted molar refractivity (Wildman–Crippen MR) is 42.0 cm³/mol. The van der Waals surface area contributed by atoms with E-state index in [0.29, 0.717) is 13.2 Å². The van der Waals surface area contributed by atoms with Crippen LogP contribution in [0.5, 0.6) is 0 Å². The quantitative estimate of drug-likeness (QED) is 0.335. The van der Waals surface area contributed by atoms with Gasteiger partial charge in [0.05, 0.1) is 6.61 Å². The van der Waals surface area contributed by atoms with Crippen LogP contribution in [-0.4, -0.2) is 24.7 Å². The smallest absolute Gasteiger partial charge is 0.421 e. The third kappa shape index (κ3) is 8.93. The minimum atomic E-state index is -0.468. The van der Waals surface area contributed by atoms with Gasteiger partial charge in [0, 0.05) is 6.54 Å². The number of rotatable bonds is 4. The van der Waals surface area contributed by atoms with Crippen molar-refractivity contribution in [1.82, 2.24) is 10.9 Å². The lowest BCUT2D eigenvalue weighted by molar-refractivity contribution is 0.148. The summed E-state index contributed by atoms with van der Waals surface area (Å²) >= 11 is 0. The van der Waals surface area contributed by atoms with Gasteiger partial charge in [-0.15, -0.1) is 6.58 Å². The van der Waals surface area contributed by atoms with E-state index in [2.05, 4.69) is 22.2 Å². The molecule has 0 bridgehead atoms. The van der Waals surface area contributed by atoms with Crippen LogP contribution < -0.4 is 10.9 Å². The molecule has 0 aromatic rings. The van der Waals surface area contributed by atoms with Crippen LogP contribution in [0.15, 0.2) is 12.7 Å². The van der Waals surface area contributed by atoms with E-state index in [-0.39, 0.29) is 5.48 Å². The largest absolute Gasteiger partial charge is 0.449 e. The van der Waals surface area contributed by atoms with Crippen molar-refractivity contribution in [2.45, 2.75) is 6.92 Å². The van der Waals surface area contributed by atoms with Crippen molar-refractivity contribution in [2.75, 3.05) is 13.2 Å². The Labute approximate surface area is 65.7 Å². The molecule has 0 aliphatic rings. The van der Waals surface area contributed by atoms with Gasteiger partial charge in [0.25, 0.3) is 0 Å². The molecule has 11 heavy (non-hydrogen) atoms. The normalized spacial score (nSPS) is 7.73. The van der Waals surface area contributed by atoms with E-state index < -0.39 is 6.09 Å². The molecule has 0 heterocycles. The van der Waals surface area contributed by atoms with Gasteiger partial charge in [-0.05, 0) is 6.92 Å². The monoisotopic (exact) mass is 162 g/mol. The van der Waals surface area contributed by atoms with E-state index >= 15 is 0 Å². The molecule has 0 aromatic heterocycles. The number of ether oxygens (including phenoxy) is 1. The molecular weight excluding hydrogens is 148 g/mol. The molecule has 0 atom stereocenters. The van der Waals surface area contributed by atoms with E-state index in [1.165, 1.54) is 0 Å². The highest BCUT2D eigenvalue weighted by Gasteiger charge is 1.94. The maximum Gasteiger partial charge on any atom is 0.421 e. The summed E-state index contributed by atoms with van der Waals surface area (Å²) < 4.78 is 4.54. The molecule has 0 aliphatic carbocycles. The first-order chi connectivity index (χ1) is 4.81. The van der Waals surface area contributed by atoms with Crippen LogP contribution in [0.2, 0.25) is 0 Å². The highest BCUT2D eigenvalue weighted by molar-refractivity contribution is 5.66. The molecule has 5 nitrogen and oxygen atoms in total. The summed E-state index contributed by atoms with van der Waals surface area (Å²) in [6, 6.07) is 0. The average Bonchev–Trinajstić information content (AvgIpc) is 1.89. The maximum atomic E-state index is 10.5. The second kappa shape index (κ2) is 8.93. The van der Waals surface area contributed by atoms with Gasteiger partial charge in [0.2, 0.25) is 0 Å². The molecule has 0 rings (SSSR count). The highest BCUT2D eigenvalue weighted by Crippen LogP contribution is 1.71. The minimum absolute atomic E-state index is 0. The summed E-state index contributed by atoms with van der Waals surface area (Å²) in [5.41, 5.74) is 4.88. The zero-order valence-corrected chi connectivity index (χ0v) is 6.52. The van der Waals surface area contributed by atoms with E-state index in [9.17, 15) is 4.79 Å². The molecule has 0 unspecified atom stereocenters. The van der Waals surface area contributed by atoms with Gasteiger partial charge >= 0.3 is 6.09 Å². The number of carbonyl (C=O) groups is 1. The minimum Gasteiger partial charge on any atom is -0.449 e. The average molecular weight is 162 g/mol. The lowest BCUT2D eigenvalue weighted by atomic mass is 10.7. The van der Waals surface area contributed by atoms with Crippen LogP contribution in [0.1, 0.15) is 6.92 Å². The van der Waals surface area contributed by atoms with E-state index in [0.717, 1.165) is 0 Å². The van der Waals surface area contributed by atoms with Crippen molar-refractivity contribution in [1.29, 1.82) is 0 Å². The first kappa shape index (κ1) is 12.6. The number of nitrogens with one attached hydrogen (secondary N) is 2. The summed E-state index contributed by atoms with van der Waals surface area (Å²) in [6.07, 6.45) is 1.16. The fourth-order valence-electron chi connectivity index (χ4n) is 0.363. The van der Waals surface area contributed by atoms with Crippen molar-refractivity contribution in [3.63, 3.8) is 0 Å². The highest BCUT2D eigenvalue weighted by atomic mass is 16.5. The van der Waals surface area contributed by atoms with Crippen LogP contribution in [0, 0.1) is 0 Å². The van der Waals surface area contributed by atoms with E-state index in [4.69, 9.17) is 0 Å².